The van der Waals surface area contributed by atoms with Gasteiger partial charge in [-0.3, -0.25) is 4.79 Å². The molecule has 2 aliphatic heterocycles. The summed E-state index contributed by atoms with van der Waals surface area (Å²) in [6, 6.07) is 0. The number of likely N-dealkylation sites (N-methyl/N-ethyl adjacent to an activating group) is 1. The molecule has 4 nitrogen and oxygen atoms in total. The zero-order valence-electron chi connectivity index (χ0n) is 12.8. The molecule has 0 spiro atoms. The van der Waals surface area contributed by atoms with Crippen LogP contribution in [0.3, 0.4) is 0 Å². The Hall–Kier alpha value is -0.320. The summed E-state index contributed by atoms with van der Waals surface area (Å²) in [6.07, 6.45) is 5.62. The maximum atomic E-state index is 12.2. The van der Waals surface area contributed by atoms with Crippen molar-refractivity contribution in [3.8, 4) is 0 Å². The largest absolute Gasteiger partial charge is 0.376 e. The topological polar surface area (TPSA) is 41.6 Å². The zero-order valence-corrected chi connectivity index (χ0v) is 13.6. The molecule has 2 atom stereocenters. The van der Waals surface area contributed by atoms with E-state index in [1.54, 1.807) is 0 Å². The molecular formula is C15H29ClN2O2. The summed E-state index contributed by atoms with van der Waals surface area (Å²) in [5.74, 6) is 1.49. The summed E-state index contributed by atoms with van der Waals surface area (Å²) in [4.78, 5) is 14.1. The average Bonchev–Trinajstić information content (AvgIpc) is 2.92. The van der Waals surface area contributed by atoms with Gasteiger partial charge in [-0.1, -0.05) is 6.92 Å². The molecule has 0 aromatic heterocycles. The van der Waals surface area contributed by atoms with Gasteiger partial charge in [0, 0.05) is 26.6 Å². The van der Waals surface area contributed by atoms with Gasteiger partial charge in [-0.25, -0.2) is 0 Å². The Labute approximate surface area is 129 Å². The highest BCUT2D eigenvalue weighted by Crippen LogP contribution is 2.25. The maximum Gasteiger partial charge on any atom is 0.222 e. The van der Waals surface area contributed by atoms with Crippen molar-refractivity contribution in [1.29, 1.82) is 0 Å². The fraction of sp³-hybridized carbons (Fsp3) is 0.933. The number of amides is 1. The Morgan fingerprint density at radius 2 is 2.05 bits per heavy atom. The number of carbonyl (C=O) groups is 1. The summed E-state index contributed by atoms with van der Waals surface area (Å²) in [5, 5.41) is 3.38. The molecule has 0 aromatic rings. The lowest BCUT2D eigenvalue weighted by Gasteiger charge is -2.29. The second-order valence-electron chi connectivity index (χ2n) is 6.18. The molecular weight excluding hydrogens is 276 g/mol. The third-order valence-electron chi connectivity index (χ3n) is 4.61. The Bertz CT molecular complexity index is 290. The Kier molecular flexibility index (Phi) is 7.85. The van der Waals surface area contributed by atoms with Gasteiger partial charge >= 0.3 is 0 Å². The van der Waals surface area contributed by atoms with Crippen LogP contribution in [0.25, 0.3) is 0 Å². The van der Waals surface area contributed by atoms with Crippen LogP contribution >= 0.6 is 12.4 Å². The quantitative estimate of drug-likeness (QED) is 0.845. The highest BCUT2D eigenvalue weighted by Gasteiger charge is 2.25. The maximum absolute atomic E-state index is 12.2. The molecule has 2 fully saturated rings. The van der Waals surface area contributed by atoms with Crippen molar-refractivity contribution in [2.75, 3.05) is 33.3 Å². The van der Waals surface area contributed by atoms with Gasteiger partial charge in [0.25, 0.3) is 0 Å². The van der Waals surface area contributed by atoms with Crippen LogP contribution in [0, 0.1) is 11.8 Å². The van der Waals surface area contributed by atoms with Crippen LogP contribution in [0.15, 0.2) is 0 Å². The van der Waals surface area contributed by atoms with Crippen LogP contribution in [-0.2, 0) is 9.53 Å². The van der Waals surface area contributed by atoms with Crippen LogP contribution in [0.1, 0.15) is 39.0 Å². The minimum atomic E-state index is 0. The van der Waals surface area contributed by atoms with Crippen molar-refractivity contribution in [2.45, 2.75) is 45.1 Å². The van der Waals surface area contributed by atoms with Gasteiger partial charge in [0.05, 0.1) is 6.10 Å². The summed E-state index contributed by atoms with van der Waals surface area (Å²) < 4.78 is 5.59. The fourth-order valence-corrected chi connectivity index (χ4v) is 3.21. The van der Waals surface area contributed by atoms with Crippen molar-refractivity contribution in [3.05, 3.63) is 0 Å². The van der Waals surface area contributed by atoms with Crippen LogP contribution in [0.4, 0.5) is 0 Å². The first-order chi connectivity index (χ1) is 9.16. The van der Waals surface area contributed by atoms with E-state index in [1.807, 2.05) is 11.9 Å². The van der Waals surface area contributed by atoms with Gasteiger partial charge in [0.15, 0.2) is 0 Å². The van der Waals surface area contributed by atoms with Crippen LogP contribution < -0.4 is 5.32 Å². The summed E-state index contributed by atoms with van der Waals surface area (Å²) >= 11 is 0. The van der Waals surface area contributed by atoms with Crippen molar-refractivity contribution < 1.29 is 9.53 Å². The predicted molar refractivity (Wildman–Crippen MR) is 83.2 cm³/mol. The van der Waals surface area contributed by atoms with E-state index in [0.717, 1.165) is 39.1 Å². The number of hydrogen-bond acceptors (Lipinski definition) is 3. The van der Waals surface area contributed by atoms with E-state index in [-0.39, 0.29) is 24.4 Å². The second-order valence-corrected chi connectivity index (χ2v) is 6.18. The summed E-state index contributed by atoms with van der Waals surface area (Å²) in [7, 11) is 1.92. The Morgan fingerprint density at radius 3 is 2.65 bits per heavy atom. The number of rotatable bonds is 5. The molecule has 1 amide bonds. The summed E-state index contributed by atoms with van der Waals surface area (Å²) in [6.45, 7) is 6.06. The molecule has 2 aliphatic rings. The minimum absolute atomic E-state index is 0. The van der Waals surface area contributed by atoms with Crippen molar-refractivity contribution in [3.63, 3.8) is 0 Å². The molecule has 2 rings (SSSR count). The predicted octanol–water partition coefficient (Wildman–Crippen LogP) is 2.07. The van der Waals surface area contributed by atoms with E-state index >= 15 is 0 Å². The number of carbonyl (C=O) groups excluding carboxylic acids is 1. The van der Waals surface area contributed by atoms with Gasteiger partial charge in [-0.15, -0.1) is 12.4 Å². The smallest absolute Gasteiger partial charge is 0.222 e. The molecule has 0 aliphatic carbocycles. The zero-order chi connectivity index (χ0) is 13.7. The lowest BCUT2D eigenvalue weighted by Crippen LogP contribution is -2.37. The van der Waals surface area contributed by atoms with Crippen LogP contribution in [0.2, 0.25) is 0 Å². The summed E-state index contributed by atoms with van der Waals surface area (Å²) in [5.41, 5.74) is 0. The van der Waals surface area contributed by atoms with Gasteiger partial charge in [0.1, 0.15) is 0 Å². The van der Waals surface area contributed by atoms with Crippen molar-refractivity contribution in [2.24, 2.45) is 11.8 Å². The number of halogens is 1. The molecule has 0 saturated carbocycles. The van der Waals surface area contributed by atoms with Gasteiger partial charge < -0.3 is 15.0 Å². The normalized spacial score (nSPS) is 25.0. The number of nitrogens with one attached hydrogen (secondary N) is 1. The monoisotopic (exact) mass is 304 g/mol. The second kappa shape index (κ2) is 8.85. The van der Waals surface area contributed by atoms with Crippen LogP contribution in [-0.4, -0.2) is 50.2 Å². The van der Waals surface area contributed by atoms with Crippen molar-refractivity contribution in [1.82, 2.24) is 10.2 Å². The van der Waals surface area contributed by atoms with Crippen LogP contribution in [0.5, 0.6) is 0 Å². The molecule has 0 bridgehead atoms. The first-order valence-corrected chi connectivity index (χ1v) is 7.73. The molecule has 0 radical (unpaired) electrons. The molecule has 2 heterocycles. The lowest BCUT2D eigenvalue weighted by atomic mass is 9.84. The van der Waals surface area contributed by atoms with Crippen molar-refractivity contribution >= 4 is 18.3 Å². The van der Waals surface area contributed by atoms with E-state index in [1.165, 1.54) is 12.8 Å². The first-order valence-electron chi connectivity index (χ1n) is 7.73. The third kappa shape index (κ3) is 5.23. The molecule has 1 N–H and O–H groups in total. The van der Waals surface area contributed by atoms with E-state index in [2.05, 4.69) is 12.2 Å². The molecule has 2 unspecified atom stereocenters. The Balaban J connectivity index is 0.00000200. The number of ether oxygens (including phenoxy) is 1. The lowest BCUT2D eigenvalue weighted by molar-refractivity contribution is -0.132. The molecule has 0 aromatic carbocycles. The third-order valence-corrected chi connectivity index (χ3v) is 4.61. The van der Waals surface area contributed by atoms with Gasteiger partial charge in [0.2, 0.25) is 5.91 Å². The highest BCUT2D eigenvalue weighted by atomic mass is 35.5. The Morgan fingerprint density at radius 1 is 1.35 bits per heavy atom. The average molecular weight is 305 g/mol. The van der Waals surface area contributed by atoms with Gasteiger partial charge in [-0.2, -0.15) is 0 Å². The highest BCUT2D eigenvalue weighted by molar-refractivity contribution is 5.85. The van der Waals surface area contributed by atoms with Gasteiger partial charge in [-0.05, 0) is 50.6 Å². The number of hydrogen-bond donors (Lipinski definition) is 1. The molecule has 2 saturated heterocycles. The number of piperidine rings is 1. The first kappa shape index (κ1) is 17.7. The molecule has 5 heteroatoms. The SMILES string of the molecule is CC(CC(=O)N(C)CC1CCCO1)C1CCNCC1.Cl. The molecule has 118 valence electrons. The van der Waals surface area contributed by atoms with E-state index in [9.17, 15) is 4.79 Å². The minimum Gasteiger partial charge on any atom is -0.376 e. The fourth-order valence-electron chi connectivity index (χ4n) is 3.21. The molecule has 20 heavy (non-hydrogen) atoms. The van der Waals surface area contributed by atoms with E-state index < -0.39 is 0 Å². The van der Waals surface area contributed by atoms with E-state index in [0.29, 0.717) is 18.3 Å². The van der Waals surface area contributed by atoms with E-state index in [4.69, 9.17) is 4.74 Å². The number of nitrogens with zero attached hydrogens (tertiary/aromatic N) is 1. The standard InChI is InChI=1S/C15H28N2O2.ClH/c1-12(13-5-7-16-8-6-13)10-15(18)17(2)11-14-4-3-9-19-14;/h12-14,16H,3-11H2,1-2H3;1H.